The number of rotatable bonds is 3. The Morgan fingerprint density at radius 3 is 2.68 bits per heavy atom. The minimum atomic E-state index is -0.625. The minimum absolute atomic E-state index is 0.506. The smallest absolute Gasteiger partial charge is 0.157 e. The maximum Gasteiger partial charge on any atom is 0.157 e. The lowest BCUT2D eigenvalue weighted by atomic mass is 10.0. The van der Waals surface area contributed by atoms with Gasteiger partial charge in [-0.2, -0.15) is 0 Å². The van der Waals surface area contributed by atoms with Crippen molar-refractivity contribution in [1.82, 2.24) is 9.97 Å². The van der Waals surface area contributed by atoms with Crippen LogP contribution in [0.3, 0.4) is 0 Å². The van der Waals surface area contributed by atoms with Gasteiger partial charge in [-0.25, -0.2) is 9.97 Å². The number of aliphatic hydroxyl groups excluding tert-OH is 1. The molecule has 0 saturated carbocycles. The lowest BCUT2D eigenvalue weighted by Gasteiger charge is -2.10. The van der Waals surface area contributed by atoms with Crippen molar-refractivity contribution in [2.75, 3.05) is 0 Å². The van der Waals surface area contributed by atoms with E-state index in [2.05, 4.69) is 28.2 Å². The highest BCUT2D eigenvalue weighted by Gasteiger charge is 2.14. The summed E-state index contributed by atoms with van der Waals surface area (Å²) >= 11 is 0. The van der Waals surface area contributed by atoms with Crippen molar-refractivity contribution in [2.45, 2.75) is 38.7 Å². The van der Waals surface area contributed by atoms with Crippen LogP contribution in [0.15, 0.2) is 30.6 Å². The molecule has 0 fully saturated rings. The minimum Gasteiger partial charge on any atom is -0.385 e. The number of hydrogen-bond donors (Lipinski definition) is 1. The molecule has 1 aromatic heterocycles. The van der Waals surface area contributed by atoms with Crippen LogP contribution < -0.4 is 0 Å². The quantitative estimate of drug-likeness (QED) is 0.915. The van der Waals surface area contributed by atoms with E-state index in [1.807, 2.05) is 6.92 Å². The van der Waals surface area contributed by atoms with Crippen molar-refractivity contribution in [3.8, 4) is 0 Å². The Balaban J connectivity index is 1.75. The molecule has 0 amide bonds. The average molecular weight is 254 g/mol. The third-order valence-electron chi connectivity index (χ3n) is 3.69. The Labute approximate surface area is 113 Å². The fourth-order valence-corrected chi connectivity index (χ4v) is 2.64. The highest BCUT2D eigenvalue weighted by molar-refractivity contribution is 5.35. The van der Waals surface area contributed by atoms with E-state index in [4.69, 9.17) is 0 Å². The normalized spacial score (nSPS) is 15.3. The molecule has 1 N–H and O–H groups in total. The molecule has 98 valence electrons. The van der Waals surface area contributed by atoms with E-state index in [-0.39, 0.29) is 0 Å². The van der Waals surface area contributed by atoms with Gasteiger partial charge in [0.25, 0.3) is 0 Å². The summed E-state index contributed by atoms with van der Waals surface area (Å²) in [6, 6.07) is 6.53. The topological polar surface area (TPSA) is 46.0 Å². The summed E-state index contributed by atoms with van der Waals surface area (Å²) in [4.78, 5) is 8.37. The van der Waals surface area contributed by atoms with E-state index in [1.54, 1.807) is 12.4 Å². The molecule has 1 aromatic carbocycles. The fraction of sp³-hybridized carbons (Fsp3) is 0.375. The van der Waals surface area contributed by atoms with E-state index in [0.717, 1.165) is 11.1 Å². The highest BCUT2D eigenvalue weighted by Crippen LogP contribution is 2.24. The summed E-state index contributed by atoms with van der Waals surface area (Å²) in [6.45, 7) is 1.94. The lowest BCUT2D eigenvalue weighted by Crippen LogP contribution is -2.07. The molecule has 2 aromatic rings. The maximum absolute atomic E-state index is 10.2. The van der Waals surface area contributed by atoms with Crippen molar-refractivity contribution < 1.29 is 5.11 Å². The molecular weight excluding hydrogens is 236 g/mol. The standard InChI is InChI=1S/C16H18N2O/c1-11-9-17-16(18-10-11)15(19)8-12-5-6-13-3-2-4-14(13)7-12/h5-7,9-10,15,19H,2-4,8H2,1H3. The first kappa shape index (κ1) is 12.3. The van der Waals surface area contributed by atoms with Gasteiger partial charge in [0.15, 0.2) is 5.82 Å². The third-order valence-corrected chi connectivity index (χ3v) is 3.69. The molecule has 0 radical (unpaired) electrons. The largest absolute Gasteiger partial charge is 0.385 e. The Bertz CT molecular complexity index is 578. The maximum atomic E-state index is 10.2. The molecule has 1 unspecified atom stereocenters. The zero-order chi connectivity index (χ0) is 13.2. The van der Waals surface area contributed by atoms with Crippen LogP contribution in [0.2, 0.25) is 0 Å². The summed E-state index contributed by atoms with van der Waals surface area (Å²) in [5.41, 5.74) is 5.07. The monoisotopic (exact) mass is 254 g/mol. The second kappa shape index (κ2) is 5.10. The van der Waals surface area contributed by atoms with Gasteiger partial charge in [-0.3, -0.25) is 0 Å². The summed E-state index contributed by atoms with van der Waals surface area (Å²) in [7, 11) is 0. The van der Waals surface area contributed by atoms with E-state index in [9.17, 15) is 5.11 Å². The first-order chi connectivity index (χ1) is 9.22. The Hall–Kier alpha value is -1.74. The van der Waals surface area contributed by atoms with Gasteiger partial charge in [0.1, 0.15) is 6.10 Å². The molecule has 1 atom stereocenters. The molecule has 0 bridgehead atoms. The molecule has 1 aliphatic carbocycles. The van der Waals surface area contributed by atoms with E-state index < -0.39 is 6.10 Å². The van der Waals surface area contributed by atoms with Crippen LogP contribution >= 0.6 is 0 Å². The van der Waals surface area contributed by atoms with Crippen LogP contribution in [-0.2, 0) is 19.3 Å². The van der Waals surface area contributed by atoms with Crippen LogP contribution in [0.4, 0.5) is 0 Å². The number of aryl methyl sites for hydroxylation is 3. The van der Waals surface area contributed by atoms with Gasteiger partial charge < -0.3 is 5.11 Å². The number of aromatic nitrogens is 2. The second-order valence-corrected chi connectivity index (χ2v) is 5.30. The van der Waals surface area contributed by atoms with Gasteiger partial charge in [0.2, 0.25) is 0 Å². The number of aliphatic hydroxyl groups is 1. The van der Waals surface area contributed by atoms with E-state index in [0.29, 0.717) is 12.2 Å². The second-order valence-electron chi connectivity index (χ2n) is 5.30. The number of hydrogen-bond acceptors (Lipinski definition) is 3. The molecule has 0 spiro atoms. The predicted octanol–water partition coefficient (Wildman–Crippen LogP) is 2.55. The van der Waals surface area contributed by atoms with Gasteiger partial charge >= 0.3 is 0 Å². The summed E-state index contributed by atoms with van der Waals surface area (Å²) in [6.07, 6.45) is 7.06. The average Bonchev–Trinajstić information content (AvgIpc) is 2.87. The lowest BCUT2D eigenvalue weighted by molar-refractivity contribution is 0.168. The fourth-order valence-electron chi connectivity index (χ4n) is 2.64. The molecule has 3 nitrogen and oxygen atoms in total. The number of fused-ring (bicyclic) bond motifs is 1. The van der Waals surface area contributed by atoms with Crippen LogP contribution in [0, 0.1) is 6.92 Å². The van der Waals surface area contributed by atoms with Gasteiger partial charge in [-0.05, 0) is 48.4 Å². The van der Waals surface area contributed by atoms with Crippen molar-refractivity contribution in [2.24, 2.45) is 0 Å². The molecule has 1 aliphatic rings. The molecule has 3 rings (SSSR count). The summed E-state index contributed by atoms with van der Waals surface area (Å²) in [5.74, 6) is 0.506. The molecule has 3 heteroatoms. The van der Waals surface area contributed by atoms with Crippen molar-refractivity contribution in [1.29, 1.82) is 0 Å². The van der Waals surface area contributed by atoms with Crippen molar-refractivity contribution in [3.05, 3.63) is 58.7 Å². The summed E-state index contributed by atoms with van der Waals surface area (Å²) in [5, 5.41) is 10.2. The number of benzene rings is 1. The van der Waals surface area contributed by atoms with Gasteiger partial charge in [-0.1, -0.05) is 18.2 Å². The molecule has 0 saturated heterocycles. The van der Waals surface area contributed by atoms with Gasteiger partial charge in [0, 0.05) is 18.8 Å². The van der Waals surface area contributed by atoms with Crippen LogP contribution in [0.25, 0.3) is 0 Å². The van der Waals surface area contributed by atoms with Crippen LogP contribution in [0.5, 0.6) is 0 Å². The van der Waals surface area contributed by atoms with Gasteiger partial charge in [0.05, 0.1) is 0 Å². The molecule has 1 heterocycles. The first-order valence-corrected chi connectivity index (χ1v) is 6.79. The molecule has 0 aliphatic heterocycles. The predicted molar refractivity (Wildman–Crippen MR) is 73.9 cm³/mol. The first-order valence-electron chi connectivity index (χ1n) is 6.79. The summed E-state index contributed by atoms with van der Waals surface area (Å²) < 4.78 is 0. The Kier molecular flexibility index (Phi) is 3.30. The Morgan fingerprint density at radius 1 is 1.16 bits per heavy atom. The van der Waals surface area contributed by atoms with E-state index >= 15 is 0 Å². The number of nitrogens with zero attached hydrogens (tertiary/aromatic N) is 2. The van der Waals surface area contributed by atoms with Crippen LogP contribution in [0.1, 0.15) is 40.6 Å². The Morgan fingerprint density at radius 2 is 1.89 bits per heavy atom. The van der Waals surface area contributed by atoms with Crippen molar-refractivity contribution >= 4 is 0 Å². The van der Waals surface area contributed by atoms with E-state index in [1.165, 1.54) is 30.4 Å². The third kappa shape index (κ3) is 2.66. The zero-order valence-electron chi connectivity index (χ0n) is 11.1. The molecule has 19 heavy (non-hydrogen) atoms. The van der Waals surface area contributed by atoms with Gasteiger partial charge in [-0.15, -0.1) is 0 Å². The molecular formula is C16H18N2O. The van der Waals surface area contributed by atoms with Crippen LogP contribution in [-0.4, -0.2) is 15.1 Å². The highest BCUT2D eigenvalue weighted by atomic mass is 16.3. The SMILES string of the molecule is Cc1cnc(C(O)Cc2ccc3c(c2)CCC3)nc1. The van der Waals surface area contributed by atoms with Crippen molar-refractivity contribution in [3.63, 3.8) is 0 Å². The zero-order valence-corrected chi connectivity index (χ0v) is 11.1.